The predicted molar refractivity (Wildman–Crippen MR) is 163 cm³/mol. The molecule has 0 aromatic heterocycles. The zero-order valence-corrected chi connectivity index (χ0v) is 20.9. The molecule has 0 radical (unpaired) electrons. The van der Waals surface area contributed by atoms with Crippen molar-refractivity contribution in [2.24, 2.45) is 0 Å². The number of allylic oxidation sites excluding steroid dienone is 9. The van der Waals surface area contributed by atoms with Gasteiger partial charge in [0, 0.05) is 11.4 Å². The molecule has 4 aromatic rings. The Bertz CT molecular complexity index is 1410. The van der Waals surface area contributed by atoms with E-state index in [1.54, 1.807) is 6.08 Å². The third kappa shape index (κ3) is 7.55. The van der Waals surface area contributed by atoms with Crippen LogP contribution >= 0.6 is 0 Å². The van der Waals surface area contributed by atoms with E-state index in [4.69, 9.17) is 0 Å². The van der Waals surface area contributed by atoms with E-state index in [0.29, 0.717) is 0 Å². The van der Waals surface area contributed by atoms with Gasteiger partial charge in [-0.3, -0.25) is 0 Å². The molecule has 0 aliphatic carbocycles. The maximum Gasteiger partial charge on any atom is 0.0384 e. The highest BCUT2D eigenvalue weighted by atomic mass is 14.9. The van der Waals surface area contributed by atoms with Crippen LogP contribution in [0.3, 0.4) is 0 Å². The van der Waals surface area contributed by atoms with Crippen molar-refractivity contribution in [2.45, 2.75) is 0 Å². The van der Waals surface area contributed by atoms with Crippen molar-refractivity contribution in [1.29, 1.82) is 0 Å². The van der Waals surface area contributed by atoms with Crippen LogP contribution < -0.4 is 5.32 Å². The lowest BCUT2D eigenvalue weighted by molar-refractivity contribution is 1.53. The Hall–Kier alpha value is -4.88. The van der Waals surface area contributed by atoms with Gasteiger partial charge in [-0.25, -0.2) is 0 Å². The van der Waals surface area contributed by atoms with Crippen LogP contribution in [0.5, 0.6) is 0 Å². The van der Waals surface area contributed by atoms with Crippen LogP contribution in [0.25, 0.3) is 28.3 Å². The average Bonchev–Trinajstić information content (AvgIpc) is 2.96. The maximum absolute atomic E-state index is 3.87. The summed E-state index contributed by atoms with van der Waals surface area (Å²) < 4.78 is 0. The van der Waals surface area contributed by atoms with Crippen LogP contribution in [0.15, 0.2) is 170 Å². The number of hydrogen-bond donors (Lipinski definition) is 1. The zero-order valence-electron chi connectivity index (χ0n) is 20.9. The largest absolute Gasteiger partial charge is 0.356 e. The highest BCUT2D eigenvalue weighted by Crippen LogP contribution is 2.26. The van der Waals surface area contributed by atoms with Gasteiger partial charge in [0.15, 0.2) is 0 Å². The Balaban J connectivity index is 1.35. The Morgan fingerprint density at radius 1 is 0.541 bits per heavy atom. The number of rotatable bonds is 10. The number of anilines is 2. The summed E-state index contributed by atoms with van der Waals surface area (Å²) in [6.07, 6.45) is 17.5. The summed E-state index contributed by atoms with van der Waals surface area (Å²) >= 11 is 0. The molecule has 0 fully saturated rings. The van der Waals surface area contributed by atoms with Crippen LogP contribution in [-0.2, 0) is 0 Å². The third-order valence-electron chi connectivity index (χ3n) is 5.87. The van der Waals surface area contributed by atoms with E-state index >= 15 is 0 Å². The van der Waals surface area contributed by atoms with Crippen LogP contribution in [-0.4, -0.2) is 0 Å². The minimum Gasteiger partial charge on any atom is -0.356 e. The molecular weight excluding hydrogens is 446 g/mol. The Morgan fingerprint density at radius 3 is 1.65 bits per heavy atom. The first kappa shape index (κ1) is 25.2. The molecule has 0 heterocycles. The molecule has 0 unspecified atom stereocenters. The van der Waals surface area contributed by atoms with E-state index in [1.807, 2.05) is 48.6 Å². The van der Waals surface area contributed by atoms with Gasteiger partial charge in [-0.1, -0.05) is 147 Å². The lowest BCUT2D eigenvalue weighted by Gasteiger charge is -2.09. The maximum atomic E-state index is 3.87. The van der Waals surface area contributed by atoms with Crippen molar-refractivity contribution >= 4 is 17.5 Å². The van der Waals surface area contributed by atoms with E-state index in [0.717, 1.165) is 22.5 Å². The Labute approximate surface area is 220 Å². The summed E-state index contributed by atoms with van der Waals surface area (Å²) in [5, 5.41) is 3.49. The summed E-state index contributed by atoms with van der Waals surface area (Å²) in [4.78, 5) is 0. The van der Waals surface area contributed by atoms with Gasteiger partial charge in [0.05, 0.1) is 0 Å². The van der Waals surface area contributed by atoms with Crippen molar-refractivity contribution in [3.8, 4) is 22.3 Å². The second-order valence-corrected chi connectivity index (χ2v) is 8.48. The van der Waals surface area contributed by atoms with Crippen molar-refractivity contribution in [3.63, 3.8) is 0 Å². The molecule has 0 saturated carbocycles. The van der Waals surface area contributed by atoms with Crippen molar-refractivity contribution in [2.75, 3.05) is 5.32 Å². The van der Waals surface area contributed by atoms with Crippen LogP contribution in [0.2, 0.25) is 0 Å². The smallest absolute Gasteiger partial charge is 0.0384 e. The monoisotopic (exact) mass is 477 g/mol. The summed E-state index contributed by atoms with van der Waals surface area (Å²) in [7, 11) is 0. The summed E-state index contributed by atoms with van der Waals surface area (Å²) in [5.74, 6) is 0. The molecule has 4 aromatic carbocycles. The lowest BCUT2D eigenvalue weighted by Crippen LogP contribution is -1.90. The number of nitrogens with one attached hydrogen (secondary N) is 1. The standard InChI is InChI=1S/C36H31N/c1-3-5-6-8-12-29(4-2)13-11-14-30-17-25-35(26-18-30)37-36-27-23-34(24-28-36)33-21-19-32(20-22-33)31-15-9-7-10-16-31/h3-28,37H,1-2H2/b6-5-,12-8+,14-11+,29-13+. The van der Waals surface area contributed by atoms with Gasteiger partial charge in [0.2, 0.25) is 0 Å². The van der Waals surface area contributed by atoms with E-state index in [9.17, 15) is 0 Å². The first-order chi connectivity index (χ1) is 18.2. The van der Waals surface area contributed by atoms with E-state index in [-0.39, 0.29) is 0 Å². The van der Waals surface area contributed by atoms with Gasteiger partial charge >= 0.3 is 0 Å². The quantitative estimate of drug-likeness (QED) is 0.224. The summed E-state index contributed by atoms with van der Waals surface area (Å²) in [6, 6.07) is 36.1. The highest BCUT2D eigenvalue weighted by molar-refractivity contribution is 5.72. The van der Waals surface area contributed by atoms with Crippen LogP contribution in [0.4, 0.5) is 11.4 Å². The van der Waals surface area contributed by atoms with Gasteiger partial charge in [-0.15, -0.1) is 0 Å². The fraction of sp³-hybridized carbons (Fsp3) is 0. The van der Waals surface area contributed by atoms with Crippen LogP contribution in [0.1, 0.15) is 5.56 Å². The summed E-state index contributed by atoms with van der Waals surface area (Å²) in [5.41, 5.74) is 9.15. The minimum absolute atomic E-state index is 1.04. The van der Waals surface area contributed by atoms with Gasteiger partial charge in [-0.05, 0) is 57.7 Å². The SMILES string of the molecule is C=C\C=C/C=C/C(C=C)=C/C=C/c1ccc(Nc2ccc(-c3ccc(-c4ccccc4)cc3)cc2)cc1. The predicted octanol–water partition coefficient (Wildman–Crippen LogP) is 10.2. The minimum atomic E-state index is 1.04. The lowest BCUT2D eigenvalue weighted by atomic mass is 10.0. The first-order valence-electron chi connectivity index (χ1n) is 12.3. The first-order valence-corrected chi connectivity index (χ1v) is 12.3. The molecule has 0 aliphatic heterocycles. The van der Waals surface area contributed by atoms with Crippen LogP contribution in [0, 0.1) is 0 Å². The molecule has 0 bridgehead atoms. The molecule has 0 atom stereocenters. The molecule has 0 saturated heterocycles. The third-order valence-corrected chi connectivity index (χ3v) is 5.87. The average molecular weight is 478 g/mol. The molecule has 0 spiro atoms. The zero-order chi connectivity index (χ0) is 25.7. The second-order valence-electron chi connectivity index (χ2n) is 8.48. The molecule has 0 aliphatic rings. The van der Waals surface area contributed by atoms with E-state index in [1.165, 1.54) is 22.3 Å². The summed E-state index contributed by atoms with van der Waals surface area (Å²) in [6.45, 7) is 7.53. The van der Waals surface area contributed by atoms with E-state index < -0.39 is 0 Å². The highest BCUT2D eigenvalue weighted by Gasteiger charge is 2.01. The van der Waals surface area contributed by atoms with Crippen molar-refractivity contribution in [1.82, 2.24) is 0 Å². The van der Waals surface area contributed by atoms with Crippen molar-refractivity contribution in [3.05, 3.63) is 176 Å². The Kier molecular flexibility index (Phi) is 9.05. The molecule has 37 heavy (non-hydrogen) atoms. The molecule has 180 valence electrons. The molecule has 0 amide bonds. The normalized spacial score (nSPS) is 11.8. The molecular formula is C36H31N. The molecule has 1 N–H and O–H groups in total. The fourth-order valence-electron chi connectivity index (χ4n) is 3.85. The Morgan fingerprint density at radius 2 is 1.08 bits per heavy atom. The van der Waals surface area contributed by atoms with E-state index in [2.05, 4.69) is 122 Å². The second kappa shape index (κ2) is 13.3. The van der Waals surface area contributed by atoms with Gasteiger partial charge in [-0.2, -0.15) is 0 Å². The number of hydrogen-bond acceptors (Lipinski definition) is 1. The topological polar surface area (TPSA) is 12.0 Å². The molecule has 1 heteroatoms. The molecule has 4 rings (SSSR count). The fourth-order valence-corrected chi connectivity index (χ4v) is 3.85. The van der Waals surface area contributed by atoms with Gasteiger partial charge in [0.1, 0.15) is 0 Å². The number of benzene rings is 4. The molecule has 1 nitrogen and oxygen atoms in total. The van der Waals surface area contributed by atoms with Gasteiger partial charge < -0.3 is 5.32 Å². The van der Waals surface area contributed by atoms with Crippen molar-refractivity contribution < 1.29 is 0 Å². The van der Waals surface area contributed by atoms with Gasteiger partial charge in [0.25, 0.3) is 0 Å².